The molecular formula is C29H33Cl2N7O. The van der Waals surface area contributed by atoms with Crippen LogP contribution in [0, 0.1) is 6.92 Å². The van der Waals surface area contributed by atoms with E-state index in [0.29, 0.717) is 17.2 Å². The Labute approximate surface area is 241 Å². The highest BCUT2D eigenvalue weighted by atomic mass is 35.5. The minimum atomic E-state index is -0.143. The Morgan fingerprint density at radius 2 is 1.72 bits per heavy atom. The zero-order chi connectivity index (χ0) is 25.6. The number of amides is 1. The highest BCUT2D eigenvalue weighted by Crippen LogP contribution is 2.24. The normalized spacial score (nSPS) is 13.6. The van der Waals surface area contributed by atoms with Crippen LogP contribution in [-0.2, 0) is 6.54 Å². The SMILES string of the molecule is Cc1ccc(NC(=O)c2ccc(CN3CCN(C)CC3)cc2)cc1Nc1nccc(-c2cccnc2)n1.Cl.Cl. The molecule has 8 nitrogen and oxygen atoms in total. The highest BCUT2D eigenvalue weighted by molar-refractivity contribution is 6.04. The lowest BCUT2D eigenvalue weighted by Crippen LogP contribution is -2.43. The fraction of sp³-hybridized carbons (Fsp3) is 0.241. The van der Waals surface area contributed by atoms with Crippen molar-refractivity contribution in [2.45, 2.75) is 13.5 Å². The van der Waals surface area contributed by atoms with E-state index in [9.17, 15) is 4.79 Å². The molecule has 4 aromatic rings. The molecule has 1 amide bonds. The van der Waals surface area contributed by atoms with Crippen LogP contribution in [0.4, 0.5) is 17.3 Å². The maximum Gasteiger partial charge on any atom is 0.255 e. The molecule has 0 aliphatic carbocycles. The molecule has 0 radical (unpaired) electrons. The van der Waals surface area contributed by atoms with Crippen molar-refractivity contribution >= 4 is 48.0 Å². The van der Waals surface area contributed by atoms with Gasteiger partial charge >= 0.3 is 0 Å². The average molecular weight is 567 g/mol. The van der Waals surface area contributed by atoms with Crippen molar-refractivity contribution in [3.63, 3.8) is 0 Å². The smallest absolute Gasteiger partial charge is 0.255 e. The zero-order valence-electron chi connectivity index (χ0n) is 22.0. The molecule has 1 aliphatic rings. The number of rotatable bonds is 7. The van der Waals surface area contributed by atoms with E-state index in [4.69, 9.17) is 0 Å². The monoisotopic (exact) mass is 565 g/mol. The van der Waals surface area contributed by atoms with E-state index in [2.05, 4.69) is 42.4 Å². The number of halogens is 2. The first-order chi connectivity index (χ1) is 18.0. The number of benzene rings is 2. The van der Waals surface area contributed by atoms with Gasteiger partial charge in [-0.3, -0.25) is 14.7 Å². The molecule has 204 valence electrons. The van der Waals surface area contributed by atoms with E-state index in [-0.39, 0.29) is 30.7 Å². The minimum absolute atomic E-state index is 0. The first-order valence-corrected chi connectivity index (χ1v) is 12.5. The van der Waals surface area contributed by atoms with Crippen molar-refractivity contribution in [2.75, 3.05) is 43.9 Å². The number of likely N-dealkylation sites (N-methyl/N-ethyl adjacent to an activating group) is 1. The molecule has 39 heavy (non-hydrogen) atoms. The molecule has 1 aliphatic heterocycles. The first kappa shape index (κ1) is 30.0. The number of hydrogen-bond donors (Lipinski definition) is 2. The molecular weight excluding hydrogens is 533 g/mol. The fourth-order valence-corrected chi connectivity index (χ4v) is 4.28. The van der Waals surface area contributed by atoms with Gasteiger partial charge in [-0.1, -0.05) is 18.2 Å². The summed E-state index contributed by atoms with van der Waals surface area (Å²) >= 11 is 0. The number of pyridine rings is 1. The summed E-state index contributed by atoms with van der Waals surface area (Å²) in [7, 11) is 2.16. The van der Waals surface area contributed by atoms with Gasteiger partial charge in [0.25, 0.3) is 5.91 Å². The van der Waals surface area contributed by atoms with Gasteiger partial charge in [-0.15, -0.1) is 24.8 Å². The topological polar surface area (TPSA) is 86.3 Å². The van der Waals surface area contributed by atoms with Crippen LogP contribution in [-0.4, -0.2) is 63.9 Å². The van der Waals surface area contributed by atoms with E-state index < -0.39 is 0 Å². The minimum Gasteiger partial charge on any atom is -0.324 e. The standard InChI is InChI=1S/C29H31N7O.2ClH/c1-21-5-10-25(18-27(21)34-29-31-13-11-26(33-29)24-4-3-12-30-19-24)32-28(37)23-8-6-22(7-9-23)20-36-16-14-35(2)15-17-36;;/h3-13,18-19H,14-17,20H2,1-2H3,(H,32,37)(H,31,33,34);2*1H. The molecule has 2 aromatic carbocycles. The highest BCUT2D eigenvalue weighted by Gasteiger charge is 2.14. The number of carbonyl (C=O) groups excluding carboxylic acids is 1. The van der Waals surface area contributed by atoms with Gasteiger partial charge in [0.2, 0.25) is 5.95 Å². The third kappa shape index (κ3) is 7.97. The number of hydrogen-bond acceptors (Lipinski definition) is 7. The van der Waals surface area contributed by atoms with Crippen LogP contribution in [0.2, 0.25) is 0 Å². The average Bonchev–Trinajstić information content (AvgIpc) is 2.93. The van der Waals surface area contributed by atoms with Crippen LogP contribution in [0.1, 0.15) is 21.5 Å². The third-order valence-electron chi connectivity index (χ3n) is 6.57. The Morgan fingerprint density at radius 1 is 0.949 bits per heavy atom. The molecule has 3 heterocycles. The van der Waals surface area contributed by atoms with Crippen LogP contribution in [0.3, 0.4) is 0 Å². The predicted octanol–water partition coefficient (Wildman–Crippen LogP) is 5.43. The maximum atomic E-state index is 12.9. The van der Waals surface area contributed by atoms with Crippen LogP contribution in [0.5, 0.6) is 0 Å². The summed E-state index contributed by atoms with van der Waals surface area (Å²) in [6.07, 6.45) is 5.22. The van der Waals surface area contributed by atoms with Crippen molar-refractivity contribution in [3.05, 3.63) is 95.9 Å². The molecule has 1 fully saturated rings. The molecule has 0 saturated carbocycles. The van der Waals surface area contributed by atoms with Gasteiger partial charge in [-0.2, -0.15) is 0 Å². The van der Waals surface area contributed by atoms with E-state index >= 15 is 0 Å². The summed E-state index contributed by atoms with van der Waals surface area (Å²) < 4.78 is 0. The Bertz CT molecular complexity index is 1360. The number of aryl methyl sites for hydroxylation is 1. The molecule has 5 rings (SSSR count). The Balaban J connectivity index is 0.00000210. The summed E-state index contributed by atoms with van der Waals surface area (Å²) in [5, 5.41) is 6.29. The largest absolute Gasteiger partial charge is 0.324 e. The lowest BCUT2D eigenvalue weighted by atomic mass is 10.1. The summed E-state index contributed by atoms with van der Waals surface area (Å²) in [6.45, 7) is 7.24. The summed E-state index contributed by atoms with van der Waals surface area (Å²) in [6, 6.07) is 19.3. The van der Waals surface area contributed by atoms with Crippen LogP contribution >= 0.6 is 24.8 Å². The van der Waals surface area contributed by atoms with E-state index in [1.165, 1.54) is 5.56 Å². The number of carbonyl (C=O) groups is 1. The number of anilines is 3. The molecule has 1 saturated heterocycles. The first-order valence-electron chi connectivity index (χ1n) is 12.5. The second-order valence-electron chi connectivity index (χ2n) is 9.39. The van der Waals surface area contributed by atoms with E-state index in [1.54, 1.807) is 18.6 Å². The fourth-order valence-electron chi connectivity index (χ4n) is 4.28. The van der Waals surface area contributed by atoms with Gasteiger partial charge in [0.15, 0.2) is 0 Å². The maximum absolute atomic E-state index is 12.9. The molecule has 0 spiro atoms. The van der Waals surface area contributed by atoms with Crippen LogP contribution in [0.15, 0.2) is 79.3 Å². The Hall–Kier alpha value is -3.56. The third-order valence-corrected chi connectivity index (χ3v) is 6.57. The Morgan fingerprint density at radius 3 is 2.44 bits per heavy atom. The number of nitrogens with zero attached hydrogens (tertiary/aromatic N) is 5. The van der Waals surface area contributed by atoms with E-state index in [1.807, 2.05) is 67.6 Å². The van der Waals surface area contributed by atoms with Crippen molar-refractivity contribution in [1.82, 2.24) is 24.8 Å². The lowest BCUT2D eigenvalue weighted by Gasteiger charge is -2.32. The number of piperazine rings is 1. The summed E-state index contributed by atoms with van der Waals surface area (Å²) in [5.74, 6) is 0.333. The van der Waals surface area contributed by atoms with Crippen molar-refractivity contribution < 1.29 is 4.79 Å². The van der Waals surface area contributed by atoms with Gasteiger partial charge in [-0.05, 0) is 67.6 Å². The van der Waals surface area contributed by atoms with Gasteiger partial charge in [0.1, 0.15) is 0 Å². The molecule has 10 heteroatoms. The van der Waals surface area contributed by atoms with Gasteiger partial charge in [0, 0.05) is 73.8 Å². The second-order valence-corrected chi connectivity index (χ2v) is 9.39. The molecule has 2 aromatic heterocycles. The van der Waals surface area contributed by atoms with E-state index in [0.717, 1.165) is 55.2 Å². The second kappa shape index (κ2) is 14.0. The van der Waals surface area contributed by atoms with Gasteiger partial charge in [-0.25, -0.2) is 9.97 Å². The molecule has 2 N–H and O–H groups in total. The number of nitrogens with one attached hydrogen (secondary N) is 2. The van der Waals surface area contributed by atoms with Crippen molar-refractivity contribution in [3.8, 4) is 11.3 Å². The van der Waals surface area contributed by atoms with Gasteiger partial charge in [0.05, 0.1) is 5.69 Å². The molecule has 0 unspecified atom stereocenters. The predicted molar refractivity (Wildman–Crippen MR) is 161 cm³/mol. The summed E-state index contributed by atoms with van der Waals surface area (Å²) in [5.41, 5.74) is 6.08. The lowest BCUT2D eigenvalue weighted by molar-refractivity contribution is 0.102. The van der Waals surface area contributed by atoms with Gasteiger partial charge < -0.3 is 15.5 Å². The van der Waals surface area contributed by atoms with Crippen LogP contribution in [0.25, 0.3) is 11.3 Å². The zero-order valence-corrected chi connectivity index (χ0v) is 23.6. The molecule has 0 atom stereocenters. The van der Waals surface area contributed by atoms with Crippen molar-refractivity contribution in [2.24, 2.45) is 0 Å². The number of aromatic nitrogens is 3. The molecule has 0 bridgehead atoms. The Kier molecular flexibility index (Phi) is 10.8. The quantitative estimate of drug-likeness (QED) is 0.308. The summed E-state index contributed by atoms with van der Waals surface area (Å²) in [4.78, 5) is 30.9. The van der Waals surface area contributed by atoms with Crippen LogP contribution < -0.4 is 10.6 Å². The van der Waals surface area contributed by atoms with Crippen molar-refractivity contribution in [1.29, 1.82) is 0 Å².